The van der Waals surface area contributed by atoms with Crippen molar-refractivity contribution in [2.24, 2.45) is 7.05 Å². The van der Waals surface area contributed by atoms with Crippen molar-refractivity contribution in [3.63, 3.8) is 0 Å². The van der Waals surface area contributed by atoms with Crippen molar-refractivity contribution in [2.45, 2.75) is 6.61 Å². The van der Waals surface area contributed by atoms with Crippen LogP contribution in [0.3, 0.4) is 0 Å². The van der Waals surface area contributed by atoms with Gasteiger partial charge in [0.05, 0.1) is 11.9 Å². The van der Waals surface area contributed by atoms with Crippen LogP contribution in [0.25, 0.3) is 0 Å². The highest BCUT2D eigenvalue weighted by Gasteiger charge is 2.15. The molecule has 0 bridgehead atoms. The molecule has 0 saturated heterocycles. The number of amides is 1. The number of nitrogen functional groups attached to an aromatic ring is 1. The molecule has 1 amide bonds. The number of nitrogens with one attached hydrogen (secondary N) is 1. The van der Waals surface area contributed by atoms with Crippen molar-refractivity contribution < 1.29 is 14.1 Å². The summed E-state index contributed by atoms with van der Waals surface area (Å²) < 4.78 is 11.2. The molecule has 2 heterocycles. The molecule has 8 nitrogen and oxygen atoms in total. The predicted molar refractivity (Wildman–Crippen MR) is 62.8 cm³/mol. The Hall–Kier alpha value is -2.35. The van der Waals surface area contributed by atoms with Gasteiger partial charge in [-0.15, -0.1) is 0 Å². The maximum Gasteiger partial charge on any atom is 0.279 e. The Morgan fingerprint density at radius 1 is 1.67 bits per heavy atom. The van der Waals surface area contributed by atoms with Crippen LogP contribution in [0.1, 0.15) is 16.2 Å². The second kappa shape index (κ2) is 4.88. The molecular weight excluding hydrogens is 238 g/mol. The summed E-state index contributed by atoms with van der Waals surface area (Å²) in [6, 6.07) is 1.51. The molecule has 0 unspecified atom stereocenters. The largest absolute Gasteiger partial charge is 0.394 e. The van der Waals surface area contributed by atoms with E-state index in [1.165, 1.54) is 24.1 Å². The fourth-order valence-electron chi connectivity index (χ4n) is 1.41. The maximum absolute atomic E-state index is 11.9. The van der Waals surface area contributed by atoms with Gasteiger partial charge < -0.3 is 20.3 Å². The molecule has 3 N–H and O–H groups in total. The molecule has 0 aliphatic carbocycles. The lowest BCUT2D eigenvalue weighted by Gasteiger charge is -2.03. The summed E-state index contributed by atoms with van der Waals surface area (Å²) in [5.74, 6) is 0.466. The number of anilines is 2. The minimum Gasteiger partial charge on any atom is -0.394 e. The molecule has 0 radical (unpaired) electrons. The second-order valence-corrected chi connectivity index (χ2v) is 3.64. The van der Waals surface area contributed by atoms with E-state index in [-0.39, 0.29) is 12.3 Å². The van der Waals surface area contributed by atoms with Gasteiger partial charge in [0.25, 0.3) is 5.91 Å². The van der Waals surface area contributed by atoms with Crippen LogP contribution in [0.2, 0.25) is 0 Å². The Kier molecular flexibility index (Phi) is 3.28. The quantitative estimate of drug-likeness (QED) is 0.813. The first-order chi connectivity index (χ1) is 8.61. The first-order valence-corrected chi connectivity index (χ1v) is 5.15. The summed E-state index contributed by atoms with van der Waals surface area (Å²) in [7, 11) is 3.20. The number of aryl methyl sites for hydroxylation is 1. The van der Waals surface area contributed by atoms with E-state index in [0.717, 1.165) is 0 Å². The van der Waals surface area contributed by atoms with Gasteiger partial charge in [-0.1, -0.05) is 5.16 Å². The lowest BCUT2D eigenvalue weighted by Crippen LogP contribution is -2.15. The normalized spacial score (nSPS) is 10.6. The number of nitrogens with two attached hydrogens (primary N) is 1. The van der Waals surface area contributed by atoms with E-state index in [1.807, 2.05) is 0 Å². The van der Waals surface area contributed by atoms with Gasteiger partial charge in [0.1, 0.15) is 6.61 Å². The molecule has 0 atom stereocenters. The Bertz CT molecular complexity index is 540. The van der Waals surface area contributed by atoms with Gasteiger partial charge >= 0.3 is 0 Å². The zero-order valence-electron chi connectivity index (χ0n) is 10.0. The van der Waals surface area contributed by atoms with Crippen LogP contribution in [-0.4, -0.2) is 28.0 Å². The summed E-state index contributed by atoms with van der Waals surface area (Å²) in [5, 5.41) is 10.2. The number of methoxy groups -OCH3 is 1. The van der Waals surface area contributed by atoms with Crippen LogP contribution in [0, 0.1) is 0 Å². The minimum atomic E-state index is -0.420. The van der Waals surface area contributed by atoms with Crippen molar-refractivity contribution in [1.82, 2.24) is 14.9 Å². The number of ether oxygens (including phenoxy) is 1. The van der Waals surface area contributed by atoms with E-state index >= 15 is 0 Å². The van der Waals surface area contributed by atoms with Gasteiger partial charge in [-0.2, -0.15) is 5.10 Å². The molecule has 0 fully saturated rings. The van der Waals surface area contributed by atoms with Gasteiger partial charge in [0, 0.05) is 20.2 Å². The lowest BCUT2D eigenvalue weighted by atomic mass is 10.3. The van der Waals surface area contributed by atoms with Crippen molar-refractivity contribution in [1.29, 1.82) is 0 Å². The number of carbonyl (C=O) groups is 1. The SMILES string of the molecule is COCc1cc(C(=O)Nc2c(N)cnn2C)no1. The highest BCUT2D eigenvalue weighted by molar-refractivity contribution is 6.03. The third-order valence-corrected chi connectivity index (χ3v) is 2.28. The standard InChI is InChI=1S/C10H13N5O3/c1-15-9(7(11)4-12-15)13-10(16)8-3-6(5-17-2)18-14-8/h3-4H,5,11H2,1-2H3,(H,13,16). The summed E-state index contributed by atoms with van der Waals surface area (Å²) in [4.78, 5) is 11.9. The molecule has 18 heavy (non-hydrogen) atoms. The van der Waals surface area contributed by atoms with Gasteiger partial charge in [-0.3, -0.25) is 9.48 Å². The molecule has 2 aromatic rings. The molecule has 96 valence electrons. The highest BCUT2D eigenvalue weighted by Crippen LogP contribution is 2.17. The number of hydrogen-bond donors (Lipinski definition) is 2. The number of carbonyl (C=O) groups excluding carboxylic acids is 1. The average Bonchev–Trinajstić information content (AvgIpc) is 2.91. The van der Waals surface area contributed by atoms with Crippen LogP contribution in [0.15, 0.2) is 16.8 Å². The van der Waals surface area contributed by atoms with Crippen LogP contribution >= 0.6 is 0 Å². The maximum atomic E-state index is 11.9. The molecule has 0 saturated carbocycles. The third-order valence-electron chi connectivity index (χ3n) is 2.28. The molecule has 0 aromatic carbocycles. The second-order valence-electron chi connectivity index (χ2n) is 3.64. The topological polar surface area (TPSA) is 108 Å². The smallest absolute Gasteiger partial charge is 0.279 e. The fraction of sp³-hybridized carbons (Fsp3) is 0.300. The zero-order chi connectivity index (χ0) is 13.1. The van der Waals surface area contributed by atoms with Crippen LogP contribution in [0.5, 0.6) is 0 Å². The van der Waals surface area contributed by atoms with Gasteiger partial charge in [0.15, 0.2) is 17.3 Å². The Morgan fingerprint density at radius 3 is 3.06 bits per heavy atom. The zero-order valence-corrected chi connectivity index (χ0v) is 10.0. The number of rotatable bonds is 4. The summed E-state index contributed by atoms with van der Waals surface area (Å²) in [6.07, 6.45) is 1.45. The van der Waals surface area contributed by atoms with Crippen LogP contribution < -0.4 is 11.1 Å². The summed E-state index contributed by atoms with van der Waals surface area (Å²) in [6.45, 7) is 0.258. The predicted octanol–water partition coefficient (Wildman–Crippen LogP) is 0.389. The molecule has 0 spiro atoms. The first-order valence-electron chi connectivity index (χ1n) is 5.15. The lowest BCUT2D eigenvalue weighted by molar-refractivity contribution is 0.101. The van der Waals surface area contributed by atoms with E-state index in [1.54, 1.807) is 7.05 Å². The molecule has 8 heteroatoms. The van der Waals surface area contributed by atoms with Crippen molar-refractivity contribution in [3.8, 4) is 0 Å². The fourth-order valence-corrected chi connectivity index (χ4v) is 1.41. The van der Waals surface area contributed by atoms with Gasteiger partial charge in [0.2, 0.25) is 0 Å². The first kappa shape index (κ1) is 12.1. The average molecular weight is 251 g/mol. The van der Waals surface area contributed by atoms with Crippen molar-refractivity contribution in [3.05, 3.63) is 23.7 Å². The van der Waals surface area contributed by atoms with Gasteiger partial charge in [-0.25, -0.2) is 0 Å². The Balaban J connectivity index is 2.12. The highest BCUT2D eigenvalue weighted by atomic mass is 16.5. The number of hydrogen-bond acceptors (Lipinski definition) is 6. The number of aromatic nitrogens is 3. The Morgan fingerprint density at radius 2 is 2.44 bits per heavy atom. The van der Waals surface area contributed by atoms with Gasteiger partial charge in [-0.05, 0) is 0 Å². The Labute approximate surface area is 103 Å². The summed E-state index contributed by atoms with van der Waals surface area (Å²) >= 11 is 0. The van der Waals surface area contributed by atoms with Crippen molar-refractivity contribution >= 4 is 17.4 Å². The minimum absolute atomic E-state index is 0.155. The van der Waals surface area contributed by atoms with E-state index < -0.39 is 5.91 Å². The monoisotopic (exact) mass is 251 g/mol. The third kappa shape index (κ3) is 2.33. The molecule has 2 aromatic heterocycles. The van der Waals surface area contributed by atoms with E-state index in [9.17, 15) is 4.79 Å². The molecule has 2 rings (SSSR count). The molecular formula is C10H13N5O3. The van der Waals surface area contributed by atoms with Crippen molar-refractivity contribution in [2.75, 3.05) is 18.2 Å². The molecule has 0 aliphatic heterocycles. The van der Waals surface area contributed by atoms with E-state index in [2.05, 4.69) is 15.6 Å². The summed E-state index contributed by atoms with van der Waals surface area (Å²) in [5.41, 5.74) is 6.19. The van der Waals surface area contributed by atoms with Crippen LogP contribution in [-0.2, 0) is 18.4 Å². The van der Waals surface area contributed by atoms with Crippen LogP contribution in [0.4, 0.5) is 11.5 Å². The van der Waals surface area contributed by atoms with E-state index in [4.69, 9.17) is 15.0 Å². The number of nitrogens with zero attached hydrogens (tertiary/aromatic N) is 3. The van der Waals surface area contributed by atoms with E-state index in [0.29, 0.717) is 17.3 Å². The molecule has 0 aliphatic rings.